The van der Waals surface area contributed by atoms with Gasteiger partial charge in [-0.2, -0.15) is 0 Å². The molecule has 0 nitrogen and oxygen atoms in total. The van der Waals surface area contributed by atoms with E-state index in [0.29, 0.717) is 0 Å². The van der Waals surface area contributed by atoms with Gasteiger partial charge >= 0.3 is 0 Å². The van der Waals surface area contributed by atoms with Crippen molar-refractivity contribution in [1.29, 1.82) is 0 Å². The molecular formula is C7H12. The molecule has 2 bridgehead atoms. The third kappa shape index (κ3) is 0.332. The van der Waals surface area contributed by atoms with Crippen LogP contribution in [0.3, 0.4) is 0 Å². The summed E-state index contributed by atoms with van der Waals surface area (Å²) in [5, 5.41) is 0. The monoisotopic (exact) mass is 96.1 g/mol. The first-order chi connectivity index (χ1) is 3.38. The lowest BCUT2D eigenvalue weighted by Crippen LogP contribution is -2.24. The molecule has 0 amide bonds. The van der Waals surface area contributed by atoms with Crippen molar-refractivity contribution >= 4 is 0 Å². The standard InChI is InChI=1S/C7H12/c1-5-6-2-3-7(5)4-6/h5-7H,2-4H2,1H3/t6-,7-/m0/s1. The molecule has 3 aliphatic carbocycles. The number of hydrogen-bond donors (Lipinski definition) is 0. The summed E-state index contributed by atoms with van der Waals surface area (Å²) in [6.45, 7) is 2.41. The zero-order valence-electron chi connectivity index (χ0n) is 4.85. The summed E-state index contributed by atoms with van der Waals surface area (Å²) in [6.07, 6.45) is 4.67. The Balaban J connectivity index is 2.14. The zero-order chi connectivity index (χ0) is 4.85. The van der Waals surface area contributed by atoms with E-state index in [1.54, 1.807) is 19.3 Å². The molecule has 0 radical (unpaired) electrons. The van der Waals surface area contributed by atoms with Crippen LogP contribution in [0.2, 0.25) is 0 Å². The molecule has 0 unspecified atom stereocenters. The van der Waals surface area contributed by atoms with E-state index in [0.717, 1.165) is 17.8 Å². The second-order valence-corrected chi connectivity index (χ2v) is 3.19. The lowest BCUT2D eigenvalue weighted by molar-refractivity contribution is 0.178. The lowest BCUT2D eigenvalue weighted by atomic mass is 9.74. The molecular weight excluding hydrogens is 84.1 g/mol. The van der Waals surface area contributed by atoms with E-state index in [4.69, 9.17) is 0 Å². The summed E-state index contributed by atoms with van der Waals surface area (Å²) in [7, 11) is 0. The van der Waals surface area contributed by atoms with E-state index >= 15 is 0 Å². The van der Waals surface area contributed by atoms with Gasteiger partial charge < -0.3 is 0 Å². The third-order valence-electron chi connectivity index (χ3n) is 3.00. The molecule has 2 atom stereocenters. The van der Waals surface area contributed by atoms with Gasteiger partial charge in [0.1, 0.15) is 0 Å². The van der Waals surface area contributed by atoms with Crippen LogP contribution in [0.25, 0.3) is 0 Å². The normalized spacial score (nSPS) is 57.0. The third-order valence-corrected chi connectivity index (χ3v) is 3.00. The van der Waals surface area contributed by atoms with Crippen LogP contribution in [0.15, 0.2) is 0 Å². The molecule has 3 fully saturated rings. The largest absolute Gasteiger partial charge is 0.0620 e. The van der Waals surface area contributed by atoms with Gasteiger partial charge in [0.25, 0.3) is 0 Å². The number of fused-ring (bicyclic) bond motifs is 1. The van der Waals surface area contributed by atoms with Gasteiger partial charge in [0.2, 0.25) is 0 Å². The first kappa shape index (κ1) is 3.94. The fourth-order valence-corrected chi connectivity index (χ4v) is 2.20. The van der Waals surface area contributed by atoms with Gasteiger partial charge in [0.15, 0.2) is 0 Å². The minimum Gasteiger partial charge on any atom is -0.0620 e. The Hall–Kier alpha value is 0. The molecule has 0 aromatic carbocycles. The maximum absolute atomic E-state index is 2.41. The van der Waals surface area contributed by atoms with Gasteiger partial charge in [-0.3, -0.25) is 0 Å². The first-order valence-electron chi connectivity index (χ1n) is 3.38. The highest BCUT2D eigenvalue weighted by atomic mass is 14.5. The van der Waals surface area contributed by atoms with Crippen molar-refractivity contribution in [3.63, 3.8) is 0 Å². The molecule has 3 aliphatic rings. The SMILES string of the molecule is CC1[C@H]2CC[C@H]1C2. The van der Waals surface area contributed by atoms with Crippen molar-refractivity contribution in [2.45, 2.75) is 26.2 Å². The summed E-state index contributed by atoms with van der Waals surface area (Å²) < 4.78 is 0. The van der Waals surface area contributed by atoms with Gasteiger partial charge in [-0.05, 0) is 37.0 Å². The highest BCUT2D eigenvalue weighted by Gasteiger charge is 2.43. The summed E-state index contributed by atoms with van der Waals surface area (Å²) in [6, 6.07) is 0. The van der Waals surface area contributed by atoms with E-state index in [1.165, 1.54) is 0 Å². The average Bonchev–Trinajstić information content (AvgIpc) is 2.18. The van der Waals surface area contributed by atoms with Crippen LogP contribution in [0, 0.1) is 17.8 Å². The van der Waals surface area contributed by atoms with Gasteiger partial charge in [0, 0.05) is 0 Å². The number of hydrogen-bond acceptors (Lipinski definition) is 0. The molecule has 0 spiro atoms. The average molecular weight is 96.2 g/mol. The lowest BCUT2D eigenvalue weighted by Gasteiger charge is -2.31. The van der Waals surface area contributed by atoms with Crippen molar-refractivity contribution < 1.29 is 0 Å². The van der Waals surface area contributed by atoms with E-state index in [-0.39, 0.29) is 0 Å². The topological polar surface area (TPSA) is 0 Å². The minimum absolute atomic E-state index is 1.11. The predicted molar refractivity (Wildman–Crippen MR) is 30.0 cm³/mol. The van der Waals surface area contributed by atoms with Crippen LogP contribution in [0.5, 0.6) is 0 Å². The molecule has 7 heavy (non-hydrogen) atoms. The Morgan fingerprint density at radius 1 is 1.14 bits per heavy atom. The van der Waals surface area contributed by atoms with Crippen LogP contribution < -0.4 is 0 Å². The molecule has 40 valence electrons. The molecule has 3 saturated carbocycles. The quantitative estimate of drug-likeness (QED) is 0.433. The van der Waals surface area contributed by atoms with Crippen molar-refractivity contribution in [2.75, 3.05) is 0 Å². The molecule has 0 heterocycles. The predicted octanol–water partition coefficient (Wildman–Crippen LogP) is 2.05. The van der Waals surface area contributed by atoms with Crippen molar-refractivity contribution in [3.05, 3.63) is 0 Å². The van der Waals surface area contributed by atoms with Crippen molar-refractivity contribution in [3.8, 4) is 0 Å². The van der Waals surface area contributed by atoms with Crippen LogP contribution >= 0.6 is 0 Å². The highest BCUT2D eigenvalue weighted by Crippen LogP contribution is 2.52. The Morgan fingerprint density at radius 2 is 1.71 bits per heavy atom. The zero-order valence-corrected chi connectivity index (χ0v) is 4.85. The summed E-state index contributed by atoms with van der Waals surface area (Å²) in [4.78, 5) is 0. The maximum Gasteiger partial charge on any atom is -0.0383 e. The van der Waals surface area contributed by atoms with E-state index in [9.17, 15) is 0 Å². The Kier molecular flexibility index (Phi) is 0.586. The first-order valence-corrected chi connectivity index (χ1v) is 3.38. The molecule has 0 heteroatoms. The summed E-state index contributed by atoms with van der Waals surface area (Å²) >= 11 is 0. The van der Waals surface area contributed by atoms with Crippen LogP contribution in [-0.4, -0.2) is 0 Å². The molecule has 0 N–H and O–H groups in total. The molecule has 3 rings (SSSR count). The van der Waals surface area contributed by atoms with Crippen LogP contribution in [0.1, 0.15) is 26.2 Å². The van der Waals surface area contributed by atoms with E-state index in [2.05, 4.69) is 6.92 Å². The fraction of sp³-hybridized carbons (Fsp3) is 1.00. The van der Waals surface area contributed by atoms with Gasteiger partial charge in [-0.1, -0.05) is 6.92 Å². The van der Waals surface area contributed by atoms with Crippen LogP contribution in [-0.2, 0) is 0 Å². The fourth-order valence-electron chi connectivity index (χ4n) is 2.20. The van der Waals surface area contributed by atoms with E-state index in [1.807, 2.05) is 0 Å². The second kappa shape index (κ2) is 1.04. The highest BCUT2D eigenvalue weighted by molar-refractivity contribution is 4.93. The summed E-state index contributed by atoms with van der Waals surface area (Å²) in [5.74, 6) is 3.43. The van der Waals surface area contributed by atoms with Crippen LogP contribution in [0.4, 0.5) is 0 Å². The number of rotatable bonds is 0. The summed E-state index contributed by atoms with van der Waals surface area (Å²) in [5.41, 5.74) is 0. The van der Waals surface area contributed by atoms with E-state index < -0.39 is 0 Å². The molecule has 0 saturated heterocycles. The maximum atomic E-state index is 2.41. The second-order valence-electron chi connectivity index (χ2n) is 3.19. The van der Waals surface area contributed by atoms with Crippen molar-refractivity contribution in [1.82, 2.24) is 0 Å². The molecule has 0 aromatic rings. The van der Waals surface area contributed by atoms with Crippen molar-refractivity contribution in [2.24, 2.45) is 17.8 Å². The Bertz CT molecular complexity index is 72.0. The minimum atomic E-state index is 1.11. The smallest absolute Gasteiger partial charge is 0.0383 e. The van der Waals surface area contributed by atoms with Gasteiger partial charge in [-0.25, -0.2) is 0 Å². The molecule has 0 aliphatic heterocycles. The Morgan fingerprint density at radius 3 is 1.86 bits per heavy atom. The Labute approximate surface area is 44.9 Å². The van der Waals surface area contributed by atoms with Gasteiger partial charge in [-0.15, -0.1) is 0 Å². The molecule has 0 aromatic heterocycles. The van der Waals surface area contributed by atoms with Gasteiger partial charge in [0.05, 0.1) is 0 Å².